The first-order chi connectivity index (χ1) is 14.7. The highest BCUT2D eigenvalue weighted by atomic mass is 32.2. The fourth-order valence-corrected chi connectivity index (χ4v) is 5.70. The molecule has 31 heavy (non-hydrogen) atoms. The van der Waals surface area contributed by atoms with Crippen molar-refractivity contribution in [3.63, 3.8) is 0 Å². The highest BCUT2D eigenvalue weighted by Gasteiger charge is 2.30. The molecule has 0 unspecified atom stereocenters. The highest BCUT2D eigenvalue weighted by Crippen LogP contribution is 2.27. The second kappa shape index (κ2) is 10.1. The van der Waals surface area contributed by atoms with Gasteiger partial charge in [0.2, 0.25) is 11.8 Å². The van der Waals surface area contributed by atoms with Gasteiger partial charge in [0.25, 0.3) is 0 Å². The Hall–Kier alpha value is -2.02. The van der Waals surface area contributed by atoms with E-state index < -0.39 is 0 Å². The monoisotopic (exact) mass is 444 g/mol. The van der Waals surface area contributed by atoms with E-state index >= 15 is 0 Å². The smallest absolute Gasteiger partial charge is 0.243 e. The van der Waals surface area contributed by atoms with Crippen LogP contribution in [0.15, 0.2) is 29.4 Å². The minimum Gasteiger partial charge on any atom is -0.337 e. The predicted molar refractivity (Wildman–Crippen MR) is 127 cm³/mol. The number of piperidine rings is 1. The molecule has 0 radical (unpaired) electrons. The largest absolute Gasteiger partial charge is 0.337 e. The number of thioether (sulfide) groups is 1. The molecular formula is C24H36N4O2S. The summed E-state index contributed by atoms with van der Waals surface area (Å²) >= 11 is 1.42. The molecule has 2 atom stereocenters. The molecule has 1 aliphatic heterocycles. The Morgan fingerprint density at radius 2 is 1.71 bits per heavy atom. The molecule has 2 amide bonds. The Labute approximate surface area is 190 Å². The zero-order valence-electron chi connectivity index (χ0n) is 19.7. The fraction of sp³-hybridized carbons (Fsp3) is 0.625. The summed E-state index contributed by atoms with van der Waals surface area (Å²) in [7, 11) is 0. The lowest BCUT2D eigenvalue weighted by molar-refractivity contribution is -0.138. The van der Waals surface area contributed by atoms with Crippen molar-refractivity contribution >= 4 is 34.6 Å². The molecule has 1 fully saturated rings. The van der Waals surface area contributed by atoms with Crippen molar-refractivity contribution in [2.75, 3.05) is 5.75 Å². The number of rotatable bonds is 7. The van der Waals surface area contributed by atoms with Crippen molar-refractivity contribution in [2.24, 2.45) is 0 Å². The number of para-hydroxylation sites is 2. The maximum atomic E-state index is 13.3. The Morgan fingerprint density at radius 1 is 1.10 bits per heavy atom. The average Bonchev–Trinajstić information content (AvgIpc) is 3.03. The number of nitrogens with zero attached hydrogens (tertiary/aromatic N) is 4. The molecule has 3 rings (SSSR count). The number of benzene rings is 1. The van der Waals surface area contributed by atoms with Crippen LogP contribution in [0.3, 0.4) is 0 Å². The van der Waals surface area contributed by atoms with E-state index in [1.807, 2.05) is 66.3 Å². The van der Waals surface area contributed by atoms with Crippen molar-refractivity contribution in [1.82, 2.24) is 19.4 Å². The number of imidazole rings is 1. The molecule has 2 heterocycles. The molecule has 6 nitrogen and oxygen atoms in total. The summed E-state index contributed by atoms with van der Waals surface area (Å²) in [4.78, 5) is 34.9. The van der Waals surface area contributed by atoms with Gasteiger partial charge in [0, 0.05) is 24.2 Å². The van der Waals surface area contributed by atoms with Crippen LogP contribution < -0.4 is 0 Å². The van der Waals surface area contributed by atoms with Crippen LogP contribution in [0.5, 0.6) is 0 Å². The summed E-state index contributed by atoms with van der Waals surface area (Å²) in [5.41, 5.74) is 1.79. The number of likely N-dealkylation sites (tertiary alicyclic amines) is 1. The normalized spacial score (nSPS) is 19.4. The van der Waals surface area contributed by atoms with E-state index in [4.69, 9.17) is 4.98 Å². The number of carbonyl (C=O) groups is 2. The van der Waals surface area contributed by atoms with Crippen molar-refractivity contribution in [1.29, 1.82) is 0 Å². The second-order valence-electron chi connectivity index (χ2n) is 9.18. The van der Waals surface area contributed by atoms with Crippen molar-refractivity contribution in [3.05, 3.63) is 24.3 Å². The van der Waals surface area contributed by atoms with Crippen LogP contribution >= 0.6 is 11.8 Å². The number of hydrogen-bond acceptors (Lipinski definition) is 4. The Bertz CT molecular complexity index is 905. The van der Waals surface area contributed by atoms with Gasteiger partial charge in [0.05, 0.1) is 16.8 Å². The van der Waals surface area contributed by atoms with Gasteiger partial charge in [-0.05, 0) is 72.9 Å². The van der Waals surface area contributed by atoms with Gasteiger partial charge in [0.1, 0.15) is 6.54 Å². The van der Waals surface area contributed by atoms with Gasteiger partial charge >= 0.3 is 0 Å². The molecule has 1 aliphatic rings. The number of hydrogen-bond donors (Lipinski definition) is 0. The van der Waals surface area contributed by atoms with Gasteiger partial charge in [-0.25, -0.2) is 4.98 Å². The quantitative estimate of drug-likeness (QED) is 0.587. The zero-order chi connectivity index (χ0) is 22.7. The van der Waals surface area contributed by atoms with Gasteiger partial charge in [-0.1, -0.05) is 23.9 Å². The van der Waals surface area contributed by atoms with Gasteiger partial charge in [0.15, 0.2) is 5.16 Å². The molecule has 2 aromatic rings. The summed E-state index contributed by atoms with van der Waals surface area (Å²) < 4.78 is 1.98. The van der Waals surface area contributed by atoms with Crippen LogP contribution in [0.25, 0.3) is 11.0 Å². The first-order valence-electron chi connectivity index (χ1n) is 11.4. The van der Waals surface area contributed by atoms with Gasteiger partial charge in [-0.2, -0.15) is 0 Å². The van der Waals surface area contributed by atoms with Crippen molar-refractivity contribution in [3.8, 4) is 0 Å². The summed E-state index contributed by atoms with van der Waals surface area (Å²) in [6, 6.07) is 8.70. The molecule has 0 N–H and O–H groups in total. The molecular weight excluding hydrogens is 408 g/mol. The molecule has 0 bridgehead atoms. The van der Waals surface area contributed by atoms with Crippen molar-refractivity contribution < 1.29 is 9.59 Å². The van der Waals surface area contributed by atoms with E-state index in [0.717, 1.165) is 29.0 Å². The molecule has 0 aliphatic carbocycles. The number of fused-ring (bicyclic) bond motifs is 1. The summed E-state index contributed by atoms with van der Waals surface area (Å²) in [5.74, 6) is 0.532. The lowest BCUT2D eigenvalue weighted by atomic mass is 9.97. The molecule has 1 aromatic heterocycles. The summed E-state index contributed by atoms with van der Waals surface area (Å²) in [6.45, 7) is 12.7. The number of aromatic nitrogens is 2. The molecule has 0 spiro atoms. The van der Waals surface area contributed by atoms with Crippen molar-refractivity contribution in [2.45, 2.75) is 96.7 Å². The third-order valence-electron chi connectivity index (χ3n) is 6.12. The maximum Gasteiger partial charge on any atom is 0.243 e. The highest BCUT2D eigenvalue weighted by molar-refractivity contribution is 7.99. The minimum absolute atomic E-state index is 0.0956. The van der Waals surface area contributed by atoms with Gasteiger partial charge in [-0.15, -0.1) is 0 Å². The van der Waals surface area contributed by atoms with E-state index in [-0.39, 0.29) is 42.5 Å². The van der Waals surface area contributed by atoms with Crippen LogP contribution in [0.1, 0.15) is 60.8 Å². The summed E-state index contributed by atoms with van der Waals surface area (Å²) in [6.07, 6.45) is 3.28. The third-order valence-corrected chi connectivity index (χ3v) is 7.08. The first-order valence-corrected chi connectivity index (χ1v) is 12.4. The average molecular weight is 445 g/mol. The number of amides is 2. The predicted octanol–water partition coefficient (Wildman–Crippen LogP) is 4.56. The van der Waals surface area contributed by atoms with E-state index in [2.05, 4.69) is 13.8 Å². The van der Waals surface area contributed by atoms with E-state index in [9.17, 15) is 9.59 Å². The molecule has 1 aromatic carbocycles. The van der Waals surface area contributed by atoms with Crippen LogP contribution in [0, 0.1) is 0 Å². The maximum absolute atomic E-state index is 13.3. The van der Waals surface area contributed by atoms with Crippen LogP contribution in [0.4, 0.5) is 0 Å². The standard InChI is InChI=1S/C24H36N4O2S/c1-16(2)27(17(3)4)23(30)15-31-24-25-20-12-7-8-13-21(20)26(24)14-22(29)28-18(5)10-9-11-19(28)6/h7-8,12-13,16-19H,9-11,14-15H2,1-6H3/t18-,19-/m1/s1. The Morgan fingerprint density at radius 3 is 2.32 bits per heavy atom. The number of carbonyl (C=O) groups excluding carboxylic acids is 2. The van der Waals surface area contributed by atoms with E-state index in [1.54, 1.807) is 0 Å². The van der Waals surface area contributed by atoms with E-state index in [1.165, 1.54) is 18.2 Å². The van der Waals surface area contributed by atoms with Gasteiger partial charge < -0.3 is 14.4 Å². The molecule has 1 saturated heterocycles. The molecule has 0 saturated carbocycles. The topological polar surface area (TPSA) is 58.4 Å². The molecule has 170 valence electrons. The second-order valence-corrected chi connectivity index (χ2v) is 10.1. The van der Waals surface area contributed by atoms with Gasteiger partial charge in [-0.3, -0.25) is 9.59 Å². The van der Waals surface area contributed by atoms with Crippen LogP contribution in [-0.4, -0.2) is 61.1 Å². The minimum atomic E-state index is 0.0956. The van der Waals surface area contributed by atoms with E-state index in [0.29, 0.717) is 5.75 Å². The lowest BCUT2D eigenvalue weighted by Crippen LogP contribution is -2.48. The zero-order valence-corrected chi connectivity index (χ0v) is 20.5. The molecule has 7 heteroatoms. The Balaban J connectivity index is 1.83. The third kappa shape index (κ3) is 5.25. The SMILES string of the molecule is CC(C)N(C(=O)CSc1nc2ccccc2n1CC(=O)N1[C@H](C)CCC[C@H]1C)C(C)C. The lowest BCUT2D eigenvalue weighted by Gasteiger charge is -2.39. The first kappa shape index (κ1) is 23.6. The Kier molecular flexibility index (Phi) is 7.68. The van der Waals surface area contributed by atoms with Crippen LogP contribution in [0.2, 0.25) is 0 Å². The van der Waals surface area contributed by atoms with Crippen LogP contribution in [-0.2, 0) is 16.1 Å². The summed E-state index contributed by atoms with van der Waals surface area (Å²) in [5, 5.41) is 0.729. The fourth-order valence-electron chi connectivity index (χ4n) is 4.82.